The standard InChI is InChI=1S/C26H25FN4O3S/c1-15-4-5-16(2)22(12-15)29-26(32)21-13-23(18-6-8-19(27)9-7-18)28-25-24(21)17(3)30-31(25)20-10-11-35(33,34)14-20/h4-9,12-13,20H,10-11,14H2,1-3H3,(H,29,32). The van der Waals surface area contributed by atoms with Crippen molar-refractivity contribution in [3.63, 3.8) is 0 Å². The highest BCUT2D eigenvalue weighted by Crippen LogP contribution is 2.32. The topological polar surface area (TPSA) is 93.9 Å². The van der Waals surface area contributed by atoms with Crippen LogP contribution in [0.4, 0.5) is 10.1 Å². The summed E-state index contributed by atoms with van der Waals surface area (Å²) in [7, 11) is -3.16. The van der Waals surface area contributed by atoms with Crippen molar-refractivity contribution in [1.82, 2.24) is 14.8 Å². The average molecular weight is 493 g/mol. The van der Waals surface area contributed by atoms with Crippen LogP contribution in [0.3, 0.4) is 0 Å². The molecule has 0 radical (unpaired) electrons. The van der Waals surface area contributed by atoms with E-state index in [1.807, 2.05) is 32.0 Å². The van der Waals surface area contributed by atoms with E-state index in [1.165, 1.54) is 12.1 Å². The largest absolute Gasteiger partial charge is 0.322 e. The molecule has 0 bridgehead atoms. The van der Waals surface area contributed by atoms with E-state index >= 15 is 0 Å². The summed E-state index contributed by atoms with van der Waals surface area (Å²) in [5, 5.41) is 8.20. The first-order chi connectivity index (χ1) is 16.6. The summed E-state index contributed by atoms with van der Waals surface area (Å²) >= 11 is 0. The second-order valence-electron chi connectivity index (χ2n) is 9.12. The maximum atomic E-state index is 13.6. The van der Waals surface area contributed by atoms with Crippen molar-refractivity contribution in [2.45, 2.75) is 33.2 Å². The third kappa shape index (κ3) is 4.43. The molecule has 9 heteroatoms. The van der Waals surface area contributed by atoms with Gasteiger partial charge in [0.25, 0.3) is 5.91 Å². The second-order valence-corrected chi connectivity index (χ2v) is 11.3. The van der Waals surface area contributed by atoms with Gasteiger partial charge < -0.3 is 5.32 Å². The molecule has 3 heterocycles. The number of nitrogens with zero attached hydrogens (tertiary/aromatic N) is 3. The molecule has 1 aliphatic heterocycles. The van der Waals surface area contributed by atoms with Gasteiger partial charge in [0, 0.05) is 11.3 Å². The highest BCUT2D eigenvalue weighted by atomic mass is 32.2. The van der Waals surface area contributed by atoms with Crippen molar-refractivity contribution in [2.75, 3.05) is 16.8 Å². The van der Waals surface area contributed by atoms with Crippen LogP contribution in [-0.2, 0) is 9.84 Å². The molecule has 0 saturated carbocycles. The number of fused-ring (bicyclic) bond motifs is 1. The zero-order valence-corrected chi connectivity index (χ0v) is 20.5. The first-order valence-electron chi connectivity index (χ1n) is 11.4. The van der Waals surface area contributed by atoms with Gasteiger partial charge in [-0.3, -0.25) is 4.79 Å². The van der Waals surface area contributed by atoms with Crippen LogP contribution < -0.4 is 5.32 Å². The monoisotopic (exact) mass is 492 g/mol. The SMILES string of the molecule is Cc1ccc(C)c(NC(=O)c2cc(-c3ccc(F)cc3)nc3c2c(C)nn3C2CCS(=O)(=O)C2)c1. The molecule has 1 aliphatic rings. The fraction of sp³-hybridized carbons (Fsp3) is 0.269. The van der Waals surface area contributed by atoms with E-state index in [0.29, 0.717) is 45.7 Å². The van der Waals surface area contributed by atoms with Crippen LogP contribution in [0.2, 0.25) is 0 Å². The van der Waals surface area contributed by atoms with Crippen molar-refractivity contribution in [3.8, 4) is 11.3 Å². The number of aromatic nitrogens is 3. The lowest BCUT2D eigenvalue weighted by Gasteiger charge is -2.13. The Balaban J connectivity index is 1.69. The fourth-order valence-electron chi connectivity index (χ4n) is 4.54. The number of carbonyl (C=O) groups excluding carboxylic acids is 1. The third-order valence-electron chi connectivity index (χ3n) is 6.42. The number of aryl methyl sites for hydroxylation is 3. The van der Waals surface area contributed by atoms with Crippen molar-refractivity contribution in [3.05, 3.63) is 76.7 Å². The molecular formula is C26H25FN4O3S. The molecule has 4 aromatic rings. The third-order valence-corrected chi connectivity index (χ3v) is 8.17. The van der Waals surface area contributed by atoms with Gasteiger partial charge in [-0.25, -0.2) is 22.5 Å². The predicted molar refractivity (Wildman–Crippen MR) is 134 cm³/mol. The van der Waals surface area contributed by atoms with Gasteiger partial charge in [0.1, 0.15) is 5.82 Å². The van der Waals surface area contributed by atoms with E-state index in [-0.39, 0.29) is 29.3 Å². The summed E-state index contributed by atoms with van der Waals surface area (Å²) in [4.78, 5) is 18.4. The Morgan fingerprint density at radius 3 is 2.51 bits per heavy atom. The highest BCUT2D eigenvalue weighted by Gasteiger charge is 2.32. The number of carbonyl (C=O) groups is 1. The summed E-state index contributed by atoms with van der Waals surface area (Å²) in [6.45, 7) is 5.66. The van der Waals surface area contributed by atoms with Gasteiger partial charge in [-0.2, -0.15) is 5.10 Å². The van der Waals surface area contributed by atoms with Crippen molar-refractivity contribution in [2.24, 2.45) is 0 Å². The van der Waals surface area contributed by atoms with Crippen molar-refractivity contribution < 1.29 is 17.6 Å². The quantitative estimate of drug-likeness (QED) is 0.443. The van der Waals surface area contributed by atoms with Gasteiger partial charge in [0.2, 0.25) is 0 Å². The Morgan fingerprint density at radius 1 is 1.09 bits per heavy atom. The van der Waals surface area contributed by atoms with Crippen LogP contribution in [0.25, 0.3) is 22.3 Å². The van der Waals surface area contributed by atoms with E-state index in [4.69, 9.17) is 4.98 Å². The molecule has 1 saturated heterocycles. The van der Waals surface area contributed by atoms with Gasteiger partial charge in [-0.05, 0) is 74.7 Å². The molecule has 1 fully saturated rings. The van der Waals surface area contributed by atoms with E-state index in [0.717, 1.165) is 11.1 Å². The van der Waals surface area contributed by atoms with Crippen LogP contribution >= 0.6 is 0 Å². The summed E-state index contributed by atoms with van der Waals surface area (Å²) in [5.74, 6) is -0.623. The smallest absolute Gasteiger partial charge is 0.256 e. The Morgan fingerprint density at radius 2 is 1.83 bits per heavy atom. The van der Waals surface area contributed by atoms with E-state index in [9.17, 15) is 17.6 Å². The van der Waals surface area contributed by atoms with Crippen LogP contribution in [0.5, 0.6) is 0 Å². The van der Waals surface area contributed by atoms with Gasteiger partial charge in [-0.15, -0.1) is 0 Å². The molecule has 180 valence electrons. The molecule has 0 aliphatic carbocycles. The van der Waals surface area contributed by atoms with Gasteiger partial charge in [0.15, 0.2) is 15.5 Å². The number of hydrogen-bond acceptors (Lipinski definition) is 5. The van der Waals surface area contributed by atoms with Crippen molar-refractivity contribution >= 4 is 32.5 Å². The van der Waals surface area contributed by atoms with Gasteiger partial charge in [0.05, 0.1) is 39.9 Å². The average Bonchev–Trinajstić information content (AvgIpc) is 3.35. The number of benzene rings is 2. The maximum Gasteiger partial charge on any atom is 0.256 e. The molecule has 1 atom stereocenters. The lowest BCUT2D eigenvalue weighted by molar-refractivity contribution is 0.102. The second kappa shape index (κ2) is 8.57. The minimum absolute atomic E-state index is 0.0182. The van der Waals surface area contributed by atoms with Crippen LogP contribution in [0, 0.1) is 26.6 Å². The molecule has 35 heavy (non-hydrogen) atoms. The number of anilines is 1. The molecular weight excluding hydrogens is 467 g/mol. The van der Waals surface area contributed by atoms with Crippen LogP contribution in [0.1, 0.15) is 39.6 Å². The van der Waals surface area contributed by atoms with Gasteiger partial charge >= 0.3 is 0 Å². The Bertz CT molecular complexity index is 1580. The number of halogens is 1. The Labute approximate surface area is 202 Å². The molecule has 2 aromatic carbocycles. The van der Waals surface area contributed by atoms with Crippen LogP contribution in [-0.4, -0.2) is 40.6 Å². The lowest BCUT2D eigenvalue weighted by Crippen LogP contribution is -2.15. The first-order valence-corrected chi connectivity index (χ1v) is 13.2. The summed E-state index contributed by atoms with van der Waals surface area (Å²) in [5.41, 5.74) is 5.17. The van der Waals surface area contributed by atoms with E-state index in [1.54, 1.807) is 29.8 Å². The van der Waals surface area contributed by atoms with Crippen LogP contribution in [0.15, 0.2) is 48.5 Å². The minimum atomic E-state index is -3.16. The molecule has 5 rings (SSSR count). The molecule has 1 N–H and O–H groups in total. The molecule has 1 unspecified atom stereocenters. The Kier molecular flexibility index (Phi) is 5.67. The predicted octanol–water partition coefficient (Wildman–Crippen LogP) is 4.77. The fourth-order valence-corrected chi connectivity index (χ4v) is 6.24. The summed E-state index contributed by atoms with van der Waals surface area (Å²) in [6.07, 6.45) is 0.436. The molecule has 2 aromatic heterocycles. The maximum absolute atomic E-state index is 13.6. The number of amides is 1. The number of rotatable bonds is 4. The Hall–Kier alpha value is -3.59. The normalized spacial score (nSPS) is 17.1. The molecule has 1 amide bonds. The molecule has 0 spiro atoms. The zero-order chi connectivity index (χ0) is 24.9. The summed E-state index contributed by atoms with van der Waals surface area (Å²) in [6, 6.07) is 13.0. The van der Waals surface area contributed by atoms with E-state index < -0.39 is 9.84 Å². The minimum Gasteiger partial charge on any atom is -0.322 e. The number of hydrogen-bond donors (Lipinski definition) is 1. The summed E-state index contributed by atoms with van der Waals surface area (Å²) < 4.78 is 39.5. The van der Waals surface area contributed by atoms with E-state index in [2.05, 4.69) is 10.4 Å². The number of nitrogens with one attached hydrogen (secondary N) is 1. The number of pyridine rings is 1. The van der Waals surface area contributed by atoms with Crippen molar-refractivity contribution in [1.29, 1.82) is 0 Å². The molecule has 7 nitrogen and oxygen atoms in total. The first kappa shape index (κ1) is 23.2. The lowest BCUT2D eigenvalue weighted by atomic mass is 10.0. The zero-order valence-electron chi connectivity index (χ0n) is 19.7. The number of sulfone groups is 1. The van der Waals surface area contributed by atoms with Gasteiger partial charge in [-0.1, -0.05) is 12.1 Å². The highest BCUT2D eigenvalue weighted by molar-refractivity contribution is 7.91.